The molecule has 16 heavy (non-hydrogen) atoms. The van der Waals surface area contributed by atoms with Crippen LogP contribution in [0.2, 0.25) is 0 Å². The fourth-order valence-corrected chi connectivity index (χ4v) is 3.54. The molecule has 1 saturated carbocycles. The zero-order valence-corrected chi connectivity index (χ0v) is 12.7. The molecule has 0 aliphatic heterocycles. The lowest BCUT2D eigenvalue weighted by atomic mass is 9.66. The van der Waals surface area contributed by atoms with E-state index in [1.807, 2.05) is 0 Å². The van der Waals surface area contributed by atoms with E-state index in [-0.39, 0.29) is 0 Å². The molecule has 0 N–H and O–H groups in total. The van der Waals surface area contributed by atoms with Crippen molar-refractivity contribution in [3.63, 3.8) is 0 Å². The molecule has 0 spiro atoms. The standard InChI is InChI=1S/C16H32/c1-11(2)12-9-13(15(3,4)5)14(10-12)16(6,7)8/h11-14H,9-10H2,1-8H3. The minimum atomic E-state index is 0.474. The maximum atomic E-state index is 2.43. The van der Waals surface area contributed by atoms with E-state index < -0.39 is 0 Å². The molecule has 0 saturated heterocycles. The molecule has 96 valence electrons. The molecule has 0 heterocycles. The van der Waals surface area contributed by atoms with E-state index in [1.165, 1.54) is 12.8 Å². The highest BCUT2D eigenvalue weighted by Gasteiger charge is 2.45. The molecule has 1 aliphatic carbocycles. The van der Waals surface area contributed by atoms with E-state index in [4.69, 9.17) is 0 Å². The maximum Gasteiger partial charge on any atom is -0.0329 e. The molecule has 2 atom stereocenters. The zero-order chi connectivity index (χ0) is 12.7. The van der Waals surface area contributed by atoms with Crippen molar-refractivity contribution in [2.24, 2.45) is 34.5 Å². The van der Waals surface area contributed by atoms with Gasteiger partial charge in [0.25, 0.3) is 0 Å². The van der Waals surface area contributed by atoms with Crippen LogP contribution in [0.3, 0.4) is 0 Å². The van der Waals surface area contributed by atoms with Gasteiger partial charge in [-0.25, -0.2) is 0 Å². The Morgan fingerprint density at radius 3 is 1.25 bits per heavy atom. The van der Waals surface area contributed by atoms with E-state index in [2.05, 4.69) is 55.4 Å². The third-order valence-corrected chi connectivity index (χ3v) is 4.77. The van der Waals surface area contributed by atoms with Crippen LogP contribution < -0.4 is 0 Å². The molecule has 1 aliphatic rings. The predicted molar refractivity (Wildman–Crippen MR) is 73.5 cm³/mol. The molecular formula is C16H32. The van der Waals surface area contributed by atoms with Crippen molar-refractivity contribution in [2.75, 3.05) is 0 Å². The molecule has 0 nitrogen and oxygen atoms in total. The van der Waals surface area contributed by atoms with Crippen LogP contribution in [-0.4, -0.2) is 0 Å². The highest BCUT2D eigenvalue weighted by molar-refractivity contribution is 4.95. The first-order chi connectivity index (χ1) is 7.03. The summed E-state index contributed by atoms with van der Waals surface area (Å²) >= 11 is 0. The van der Waals surface area contributed by atoms with Crippen LogP contribution in [-0.2, 0) is 0 Å². The molecule has 0 amide bonds. The van der Waals surface area contributed by atoms with Crippen molar-refractivity contribution in [3.8, 4) is 0 Å². The molecule has 0 bridgehead atoms. The molecule has 0 heteroatoms. The van der Waals surface area contributed by atoms with Crippen LogP contribution in [0.25, 0.3) is 0 Å². The van der Waals surface area contributed by atoms with Crippen LogP contribution in [0.4, 0.5) is 0 Å². The number of rotatable bonds is 1. The fraction of sp³-hybridized carbons (Fsp3) is 1.00. The molecule has 1 fully saturated rings. The molecule has 1 rings (SSSR count). The van der Waals surface area contributed by atoms with Crippen molar-refractivity contribution in [1.29, 1.82) is 0 Å². The van der Waals surface area contributed by atoms with Crippen LogP contribution in [0.5, 0.6) is 0 Å². The molecule has 2 unspecified atom stereocenters. The van der Waals surface area contributed by atoms with Gasteiger partial charge in [0.2, 0.25) is 0 Å². The quantitative estimate of drug-likeness (QED) is 0.561. The second-order valence-corrected chi connectivity index (χ2v) is 8.42. The summed E-state index contributed by atoms with van der Waals surface area (Å²) in [6, 6.07) is 0. The van der Waals surface area contributed by atoms with Gasteiger partial charge < -0.3 is 0 Å². The Morgan fingerprint density at radius 2 is 1.06 bits per heavy atom. The van der Waals surface area contributed by atoms with Crippen molar-refractivity contribution in [2.45, 2.75) is 68.2 Å². The van der Waals surface area contributed by atoms with Crippen molar-refractivity contribution in [1.82, 2.24) is 0 Å². The van der Waals surface area contributed by atoms with Crippen LogP contribution in [0.15, 0.2) is 0 Å². The van der Waals surface area contributed by atoms with E-state index in [0.717, 1.165) is 23.7 Å². The SMILES string of the molecule is CC(C)C1CC(C(C)(C)C)C(C(C)(C)C)C1. The first kappa shape index (κ1) is 14.1. The Bertz CT molecular complexity index is 201. The van der Waals surface area contributed by atoms with Crippen LogP contribution in [0, 0.1) is 34.5 Å². The van der Waals surface area contributed by atoms with Gasteiger partial charge in [0, 0.05) is 0 Å². The first-order valence-electron chi connectivity index (χ1n) is 7.03. The van der Waals surface area contributed by atoms with Gasteiger partial charge in [-0.1, -0.05) is 55.4 Å². The van der Waals surface area contributed by atoms with Gasteiger partial charge in [0.1, 0.15) is 0 Å². The van der Waals surface area contributed by atoms with Gasteiger partial charge in [0.05, 0.1) is 0 Å². The fourth-order valence-electron chi connectivity index (χ4n) is 3.54. The van der Waals surface area contributed by atoms with E-state index in [9.17, 15) is 0 Å². The van der Waals surface area contributed by atoms with Crippen molar-refractivity contribution < 1.29 is 0 Å². The summed E-state index contributed by atoms with van der Waals surface area (Å²) in [4.78, 5) is 0. The Balaban J connectivity index is 2.89. The second kappa shape index (κ2) is 4.35. The monoisotopic (exact) mass is 224 g/mol. The average molecular weight is 224 g/mol. The third kappa shape index (κ3) is 3.02. The lowest BCUT2D eigenvalue weighted by Gasteiger charge is -2.39. The van der Waals surface area contributed by atoms with Gasteiger partial charge in [-0.3, -0.25) is 0 Å². The minimum Gasteiger partial charge on any atom is -0.0625 e. The average Bonchev–Trinajstić information content (AvgIpc) is 2.44. The van der Waals surface area contributed by atoms with Gasteiger partial charge >= 0.3 is 0 Å². The predicted octanol–water partition coefficient (Wildman–Crippen LogP) is 5.38. The lowest BCUT2D eigenvalue weighted by Crippen LogP contribution is -2.32. The van der Waals surface area contributed by atoms with E-state index >= 15 is 0 Å². The lowest BCUT2D eigenvalue weighted by molar-refractivity contribution is 0.0992. The molecule has 0 aromatic heterocycles. The van der Waals surface area contributed by atoms with Gasteiger partial charge in [-0.05, 0) is 47.3 Å². The largest absolute Gasteiger partial charge is 0.0625 e. The second-order valence-electron chi connectivity index (χ2n) is 8.42. The molecular weight excluding hydrogens is 192 g/mol. The summed E-state index contributed by atoms with van der Waals surface area (Å²) in [6.45, 7) is 19.4. The maximum absolute atomic E-state index is 2.43. The molecule has 0 aromatic carbocycles. The number of hydrogen-bond donors (Lipinski definition) is 0. The Morgan fingerprint density at radius 1 is 0.750 bits per heavy atom. The summed E-state index contributed by atoms with van der Waals surface area (Å²) in [5.41, 5.74) is 0.948. The van der Waals surface area contributed by atoms with Gasteiger partial charge in [-0.15, -0.1) is 0 Å². The first-order valence-corrected chi connectivity index (χ1v) is 7.03. The Hall–Kier alpha value is 0. The van der Waals surface area contributed by atoms with Crippen molar-refractivity contribution in [3.05, 3.63) is 0 Å². The van der Waals surface area contributed by atoms with Crippen LogP contribution >= 0.6 is 0 Å². The summed E-state index contributed by atoms with van der Waals surface area (Å²) in [6.07, 6.45) is 2.90. The topological polar surface area (TPSA) is 0 Å². The van der Waals surface area contributed by atoms with Gasteiger partial charge in [-0.2, -0.15) is 0 Å². The smallest absolute Gasteiger partial charge is 0.0329 e. The third-order valence-electron chi connectivity index (χ3n) is 4.77. The van der Waals surface area contributed by atoms with E-state index in [0.29, 0.717) is 10.8 Å². The summed E-state index contributed by atoms with van der Waals surface area (Å²) in [5, 5.41) is 0. The zero-order valence-electron chi connectivity index (χ0n) is 12.7. The minimum absolute atomic E-state index is 0.474. The molecule has 0 radical (unpaired) electrons. The molecule has 0 aromatic rings. The van der Waals surface area contributed by atoms with Gasteiger partial charge in [0.15, 0.2) is 0 Å². The Kier molecular flexibility index (Phi) is 3.82. The normalized spacial score (nSPS) is 32.4. The van der Waals surface area contributed by atoms with E-state index in [1.54, 1.807) is 0 Å². The highest BCUT2D eigenvalue weighted by atomic mass is 14.5. The summed E-state index contributed by atoms with van der Waals surface area (Å²) < 4.78 is 0. The van der Waals surface area contributed by atoms with Crippen LogP contribution in [0.1, 0.15) is 68.2 Å². The van der Waals surface area contributed by atoms with Crippen molar-refractivity contribution >= 4 is 0 Å². The Labute approximate surface area is 103 Å². The highest BCUT2D eigenvalue weighted by Crippen LogP contribution is 2.54. The number of hydrogen-bond acceptors (Lipinski definition) is 0. The summed E-state index contributed by atoms with van der Waals surface area (Å²) in [7, 11) is 0. The summed E-state index contributed by atoms with van der Waals surface area (Å²) in [5.74, 6) is 3.62.